The molecule has 0 unspecified atom stereocenters. The molecule has 7 heteroatoms. The highest BCUT2D eigenvalue weighted by Gasteiger charge is 2.06. The predicted octanol–water partition coefficient (Wildman–Crippen LogP) is 1.95. The van der Waals surface area contributed by atoms with E-state index in [9.17, 15) is 4.79 Å². The molecule has 1 aromatic heterocycles. The van der Waals surface area contributed by atoms with Crippen LogP contribution in [0.4, 0.5) is 0 Å². The molecule has 2 aromatic rings. The number of benzene rings is 1. The molecule has 0 atom stereocenters. The molecule has 1 heterocycles. The van der Waals surface area contributed by atoms with Crippen LogP contribution in [0.3, 0.4) is 0 Å². The number of carbonyl (C=O) groups is 1. The van der Waals surface area contributed by atoms with Gasteiger partial charge in [0.1, 0.15) is 0 Å². The SMILES string of the molecule is O=C(NC(=S)NCCSCc1cc[nH]n1)c1ccccc1. The number of nitrogens with zero attached hydrogens (tertiary/aromatic N) is 1. The molecule has 5 nitrogen and oxygen atoms in total. The number of aromatic nitrogens is 2. The number of thiocarbonyl (C=S) groups is 1. The largest absolute Gasteiger partial charge is 0.362 e. The van der Waals surface area contributed by atoms with Crippen LogP contribution in [-0.2, 0) is 5.75 Å². The maximum Gasteiger partial charge on any atom is 0.257 e. The lowest BCUT2D eigenvalue weighted by Crippen LogP contribution is -2.40. The Labute approximate surface area is 132 Å². The molecule has 0 spiro atoms. The average Bonchev–Trinajstić information content (AvgIpc) is 3.01. The third-order valence-electron chi connectivity index (χ3n) is 2.60. The van der Waals surface area contributed by atoms with Gasteiger partial charge in [-0.15, -0.1) is 0 Å². The van der Waals surface area contributed by atoms with Crippen molar-refractivity contribution in [1.82, 2.24) is 20.8 Å². The van der Waals surface area contributed by atoms with Crippen molar-refractivity contribution >= 4 is 35.0 Å². The van der Waals surface area contributed by atoms with E-state index in [1.54, 1.807) is 23.9 Å². The summed E-state index contributed by atoms with van der Waals surface area (Å²) < 4.78 is 0. The second-order valence-electron chi connectivity index (χ2n) is 4.19. The zero-order valence-electron chi connectivity index (χ0n) is 11.3. The Balaban J connectivity index is 1.60. The van der Waals surface area contributed by atoms with Gasteiger partial charge in [0.2, 0.25) is 0 Å². The number of H-pyrrole nitrogens is 1. The van der Waals surface area contributed by atoms with Gasteiger partial charge in [-0.05, 0) is 30.4 Å². The number of rotatable bonds is 6. The van der Waals surface area contributed by atoms with Gasteiger partial charge in [-0.25, -0.2) is 0 Å². The van der Waals surface area contributed by atoms with Crippen LogP contribution in [-0.4, -0.2) is 33.5 Å². The molecule has 0 saturated heterocycles. The highest BCUT2D eigenvalue weighted by atomic mass is 32.2. The third kappa shape index (κ3) is 5.57. The smallest absolute Gasteiger partial charge is 0.257 e. The number of nitrogens with one attached hydrogen (secondary N) is 3. The zero-order chi connectivity index (χ0) is 14.9. The van der Waals surface area contributed by atoms with E-state index in [-0.39, 0.29) is 5.91 Å². The molecule has 2 rings (SSSR count). The zero-order valence-corrected chi connectivity index (χ0v) is 13.0. The van der Waals surface area contributed by atoms with Crippen molar-refractivity contribution in [3.63, 3.8) is 0 Å². The van der Waals surface area contributed by atoms with Gasteiger partial charge in [-0.2, -0.15) is 16.9 Å². The first kappa shape index (κ1) is 15.5. The van der Waals surface area contributed by atoms with Crippen LogP contribution >= 0.6 is 24.0 Å². The van der Waals surface area contributed by atoms with Crippen molar-refractivity contribution in [2.45, 2.75) is 5.75 Å². The second kappa shape index (κ2) is 8.43. The lowest BCUT2D eigenvalue weighted by Gasteiger charge is -2.09. The van der Waals surface area contributed by atoms with E-state index in [4.69, 9.17) is 12.2 Å². The predicted molar refractivity (Wildman–Crippen MR) is 89.3 cm³/mol. The summed E-state index contributed by atoms with van der Waals surface area (Å²) in [5, 5.41) is 12.9. The molecule has 0 aliphatic heterocycles. The molecule has 0 radical (unpaired) electrons. The van der Waals surface area contributed by atoms with Gasteiger partial charge in [0.15, 0.2) is 5.11 Å². The number of hydrogen-bond donors (Lipinski definition) is 3. The van der Waals surface area contributed by atoms with Crippen LogP contribution in [0, 0.1) is 0 Å². The van der Waals surface area contributed by atoms with E-state index in [0.717, 1.165) is 17.2 Å². The monoisotopic (exact) mass is 320 g/mol. The molecular weight excluding hydrogens is 304 g/mol. The van der Waals surface area contributed by atoms with Crippen LogP contribution in [0.5, 0.6) is 0 Å². The van der Waals surface area contributed by atoms with Crippen LogP contribution in [0.25, 0.3) is 0 Å². The maximum absolute atomic E-state index is 11.8. The van der Waals surface area contributed by atoms with Gasteiger partial charge in [0.25, 0.3) is 5.91 Å². The summed E-state index contributed by atoms with van der Waals surface area (Å²) >= 11 is 6.84. The lowest BCUT2D eigenvalue weighted by atomic mass is 10.2. The van der Waals surface area contributed by atoms with Crippen LogP contribution < -0.4 is 10.6 Å². The van der Waals surface area contributed by atoms with E-state index in [2.05, 4.69) is 20.8 Å². The quantitative estimate of drug-likeness (QED) is 0.561. The molecular formula is C14H16N4OS2. The van der Waals surface area contributed by atoms with Crippen LogP contribution in [0.2, 0.25) is 0 Å². The fraction of sp³-hybridized carbons (Fsp3) is 0.214. The summed E-state index contributed by atoms with van der Waals surface area (Å²) in [5.41, 5.74) is 1.62. The summed E-state index contributed by atoms with van der Waals surface area (Å²) in [5.74, 6) is 1.54. The summed E-state index contributed by atoms with van der Waals surface area (Å²) in [6.45, 7) is 0.697. The maximum atomic E-state index is 11.8. The number of carbonyl (C=O) groups excluding carboxylic acids is 1. The Morgan fingerprint density at radius 3 is 2.81 bits per heavy atom. The normalized spacial score (nSPS) is 10.1. The highest BCUT2D eigenvalue weighted by molar-refractivity contribution is 7.98. The molecule has 1 amide bonds. The Bertz CT molecular complexity index is 572. The minimum atomic E-state index is -0.197. The van der Waals surface area contributed by atoms with Crippen molar-refractivity contribution in [3.05, 3.63) is 53.9 Å². The highest BCUT2D eigenvalue weighted by Crippen LogP contribution is 2.07. The van der Waals surface area contributed by atoms with Crippen molar-refractivity contribution in [2.75, 3.05) is 12.3 Å². The Kier molecular flexibility index (Phi) is 6.23. The topological polar surface area (TPSA) is 69.8 Å². The van der Waals surface area contributed by atoms with Gasteiger partial charge in [-0.3, -0.25) is 15.2 Å². The standard InChI is InChI=1S/C14H16N4OS2/c19-13(11-4-2-1-3-5-11)17-14(20)15-8-9-21-10-12-6-7-16-18-12/h1-7H,8-10H2,(H,16,18)(H2,15,17,19,20). The Morgan fingerprint density at radius 2 is 2.10 bits per heavy atom. The van der Waals surface area contributed by atoms with Crippen molar-refractivity contribution in [3.8, 4) is 0 Å². The fourth-order valence-corrected chi connectivity index (χ4v) is 2.55. The van der Waals surface area contributed by atoms with E-state index < -0.39 is 0 Å². The number of aromatic amines is 1. The van der Waals surface area contributed by atoms with E-state index in [1.807, 2.05) is 30.5 Å². The molecule has 0 fully saturated rings. The minimum absolute atomic E-state index is 0.197. The fourth-order valence-electron chi connectivity index (χ4n) is 1.59. The molecule has 1 aromatic carbocycles. The summed E-state index contributed by atoms with van der Waals surface area (Å²) in [6.07, 6.45) is 1.81. The summed E-state index contributed by atoms with van der Waals surface area (Å²) in [6, 6.07) is 10.9. The van der Waals surface area contributed by atoms with Crippen molar-refractivity contribution < 1.29 is 4.79 Å². The minimum Gasteiger partial charge on any atom is -0.362 e. The Morgan fingerprint density at radius 1 is 1.29 bits per heavy atom. The molecule has 0 bridgehead atoms. The molecule has 0 saturated carbocycles. The van der Waals surface area contributed by atoms with Crippen molar-refractivity contribution in [1.29, 1.82) is 0 Å². The van der Waals surface area contributed by atoms with Gasteiger partial charge >= 0.3 is 0 Å². The third-order valence-corrected chi connectivity index (χ3v) is 3.84. The van der Waals surface area contributed by atoms with E-state index in [1.165, 1.54) is 0 Å². The molecule has 21 heavy (non-hydrogen) atoms. The van der Waals surface area contributed by atoms with E-state index >= 15 is 0 Å². The molecule has 3 N–H and O–H groups in total. The first-order chi connectivity index (χ1) is 10.3. The molecule has 110 valence electrons. The first-order valence-electron chi connectivity index (χ1n) is 6.46. The average molecular weight is 320 g/mol. The molecule has 0 aliphatic rings. The number of hydrogen-bond acceptors (Lipinski definition) is 4. The number of amides is 1. The second-order valence-corrected chi connectivity index (χ2v) is 5.71. The Hall–Kier alpha value is -1.86. The van der Waals surface area contributed by atoms with Crippen molar-refractivity contribution in [2.24, 2.45) is 0 Å². The van der Waals surface area contributed by atoms with Gasteiger partial charge in [0.05, 0.1) is 5.69 Å². The summed E-state index contributed by atoms with van der Waals surface area (Å²) in [4.78, 5) is 11.8. The lowest BCUT2D eigenvalue weighted by molar-refractivity contribution is 0.0976. The van der Waals surface area contributed by atoms with Crippen LogP contribution in [0.1, 0.15) is 16.1 Å². The van der Waals surface area contributed by atoms with Gasteiger partial charge < -0.3 is 5.32 Å². The first-order valence-corrected chi connectivity index (χ1v) is 8.02. The van der Waals surface area contributed by atoms with E-state index in [0.29, 0.717) is 17.2 Å². The number of thioether (sulfide) groups is 1. The van der Waals surface area contributed by atoms with Gasteiger partial charge in [0, 0.05) is 29.8 Å². The van der Waals surface area contributed by atoms with Gasteiger partial charge in [-0.1, -0.05) is 18.2 Å². The summed E-state index contributed by atoms with van der Waals surface area (Å²) in [7, 11) is 0. The van der Waals surface area contributed by atoms with Crippen LogP contribution in [0.15, 0.2) is 42.6 Å². The molecule has 0 aliphatic carbocycles.